The number of ether oxygens (including phenoxy) is 1. The van der Waals surface area contributed by atoms with E-state index in [1.165, 1.54) is 12.3 Å². The van der Waals surface area contributed by atoms with Gasteiger partial charge in [-0.2, -0.15) is 8.78 Å². The topological polar surface area (TPSA) is 56.3 Å². The minimum absolute atomic E-state index is 0.111. The molecular formula is C8H8F2NO3S. The van der Waals surface area contributed by atoms with Crippen LogP contribution in [0.25, 0.3) is 0 Å². The van der Waals surface area contributed by atoms with E-state index in [1.807, 2.05) is 0 Å². The van der Waals surface area contributed by atoms with Crippen LogP contribution in [0.4, 0.5) is 8.78 Å². The molecule has 15 heavy (non-hydrogen) atoms. The Bertz CT molecular complexity index is 433. The highest BCUT2D eigenvalue weighted by atomic mass is 32.2. The molecule has 0 saturated heterocycles. The molecule has 0 atom stereocenters. The van der Waals surface area contributed by atoms with Crippen LogP contribution in [0.5, 0.6) is 5.75 Å². The Balaban J connectivity index is 2.96. The van der Waals surface area contributed by atoms with E-state index in [9.17, 15) is 17.2 Å². The third-order valence-electron chi connectivity index (χ3n) is 1.46. The first-order valence-corrected chi connectivity index (χ1v) is 5.64. The number of hydrogen-bond donors (Lipinski definition) is 0. The standard InChI is InChI=1S/C8H8F2NO3S/c1-15(12,13)5-6-2-3-11-4-7(6)14-8(9)10/h2-4,8H,1,5H2. The van der Waals surface area contributed by atoms with E-state index in [0.717, 1.165) is 6.20 Å². The zero-order chi connectivity index (χ0) is 11.5. The van der Waals surface area contributed by atoms with Crippen molar-refractivity contribution in [2.24, 2.45) is 0 Å². The maximum absolute atomic E-state index is 11.9. The van der Waals surface area contributed by atoms with Crippen molar-refractivity contribution >= 4 is 9.84 Å². The first-order valence-electron chi connectivity index (χ1n) is 3.82. The second kappa shape index (κ2) is 4.52. The Morgan fingerprint density at radius 1 is 1.53 bits per heavy atom. The highest BCUT2D eigenvalue weighted by Crippen LogP contribution is 2.20. The van der Waals surface area contributed by atoms with Gasteiger partial charge in [0.25, 0.3) is 0 Å². The van der Waals surface area contributed by atoms with Crippen molar-refractivity contribution in [1.29, 1.82) is 0 Å². The molecule has 1 rings (SSSR count). The Morgan fingerprint density at radius 3 is 2.73 bits per heavy atom. The van der Waals surface area contributed by atoms with Crippen molar-refractivity contribution < 1.29 is 21.9 Å². The lowest BCUT2D eigenvalue weighted by atomic mass is 10.3. The Kier molecular flexibility index (Phi) is 3.57. The average Bonchev–Trinajstić information content (AvgIpc) is 2.05. The summed E-state index contributed by atoms with van der Waals surface area (Å²) < 4.78 is 49.7. The van der Waals surface area contributed by atoms with E-state index in [0.29, 0.717) is 0 Å². The molecule has 0 saturated carbocycles. The molecule has 0 aliphatic heterocycles. The van der Waals surface area contributed by atoms with Crippen LogP contribution in [0.15, 0.2) is 18.5 Å². The van der Waals surface area contributed by atoms with E-state index in [-0.39, 0.29) is 11.3 Å². The van der Waals surface area contributed by atoms with E-state index in [1.54, 1.807) is 0 Å². The zero-order valence-electron chi connectivity index (χ0n) is 7.56. The van der Waals surface area contributed by atoms with E-state index in [4.69, 9.17) is 0 Å². The number of nitrogens with zero attached hydrogens (tertiary/aromatic N) is 1. The van der Waals surface area contributed by atoms with Crippen molar-refractivity contribution in [2.45, 2.75) is 12.4 Å². The minimum Gasteiger partial charge on any atom is -0.433 e. The van der Waals surface area contributed by atoms with Crippen molar-refractivity contribution in [3.05, 3.63) is 30.3 Å². The fourth-order valence-electron chi connectivity index (χ4n) is 0.967. The SMILES string of the molecule is [CH2]S(=O)(=O)Cc1ccncc1OC(F)F. The molecule has 1 aromatic rings. The third-order valence-corrected chi connectivity index (χ3v) is 2.21. The number of hydrogen-bond acceptors (Lipinski definition) is 4. The summed E-state index contributed by atoms with van der Waals surface area (Å²) in [6.07, 6.45) is 5.22. The van der Waals surface area contributed by atoms with Crippen LogP contribution in [-0.4, -0.2) is 20.0 Å². The molecule has 0 aliphatic carbocycles. The number of aromatic nitrogens is 1. The molecule has 0 unspecified atom stereocenters. The maximum Gasteiger partial charge on any atom is 0.387 e. The number of alkyl halides is 2. The van der Waals surface area contributed by atoms with Gasteiger partial charge < -0.3 is 4.74 Å². The molecule has 0 fully saturated rings. The predicted octanol–water partition coefficient (Wildman–Crippen LogP) is 1.39. The smallest absolute Gasteiger partial charge is 0.387 e. The minimum atomic E-state index is -3.54. The molecule has 0 spiro atoms. The molecule has 4 nitrogen and oxygen atoms in total. The highest BCUT2D eigenvalue weighted by molar-refractivity contribution is 7.91. The first-order chi connectivity index (χ1) is 6.88. The number of sulfone groups is 1. The van der Waals surface area contributed by atoms with Gasteiger partial charge in [-0.25, -0.2) is 8.42 Å². The summed E-state index contributed by atoms with van der Waals surface area (Å²) in [6.45, 7) is -3.01. The predicted molar refractivity (Wildman–Crippen MR) is 48.8 cm³/mol. The molecule has 0 aromatic carbocycles. The lowest BCUT2D eigenvalue weighted by molar-refractivity contribution is -0.0505. The molecule has 0 amide bonds. The first kappa shape index (κ1) is 11.8. The van der Waals surface area contributed by atoms with Gasteiger partial charge in [-0.05, 0) is 6.07 Å². The molecule has 1 aromatic heterocycles. The molecular weight excluding hydrogens is 228 g/mol. The van der Waals surface area contributed by atoms with Gasteiger partial charge in [-0.3, -0.25) is 4.98 Å². The van der Waals surface area contributed by atoms with Crippen LogP contribution < -0.4 is 4.74 Å². The number of pyridine rings is 1. The van der Waals surface area contributed by atoms with Crippen molar-refractivity contribution in [1.82, 2.24) is 4.98 Å². The van der Waals surface area contributed by atoms with E-state index < -0.39 is 22.2 Å². The summed E-state index contributed by atoms with van der Waals surface area (Å²) >= 11 is 0. The Morgan fingerprint density at radius 2 is 2.20 bits per heavy atom. The monoisotopic (exact) mass is 236 g/mol. The molecule has 83 valence electrons. The fraction of sp³-hybridized carbons (Fsp3) is 0.250. The second-order valence-corrected chi connectivity index (χ2v) is 4.53. The number of rotatable bonds is 4. The van der Waals surface area contributed by atoms with Crippen molar-refractivity contribution in [3.8, 4) is 5.75 Å². The highest BCUT2D eigenvalue weighted by Gasteiger charge is 2.13. The summed E-state index contributed by atoms with van der Waals surface area (Å²) in [5, 5.41) is 0. The average molecular weight is 236 g/mol. The molecule has 7 heteroatoms. The molecule has 0 aliphatic rings. The zero-order valence-corrected chi connectivity index (χ0v) is 8.38. The van der Waals surface area contributed by atoms with Crippen LogP contribution in [0.3, 0.4) is 0 Å². The van der Waals surface area contributed by atoms with Gasteiger partial charge in [0.05, 0.1) is 18.2 Å². The van der Waals surface area contributed by atoms with Crippen LogP contribution in [0, 0.1) is 6.26 Å². The summed E-state index contributed by atoms with van der Waals surface area (Å²) in [5.74, 6) is -0.711. The van der Waals surface area contributed by atoms with Crippen LogP contribution in [0.1, 0.15) is 5.56 Å². The van der Waals surface area contributed by atoms with Gasteiger partial charge in [0.15, 0.2) is 9.84 Å². The molecule has 1 radical (unpaired) electrons. The quantitative estimate of drug-likeness (QED) is 0.792. The van der Waals surface area contributed by atoms with Crippen molar-refractivity contribution in [2.75, 3.05) is 0 Å². The number of halogens is 2. The third kappa shape index (κ3) is 4.20. The summed E-state index contributed by atoms with van der Waals surface area (Å²) in [4.78, 5) is 3.55. The molecule has 0 bridgehead atoms. The Hall–Kier alpha value is -1.24. The van der Waals surface area contributed by atoms with Gasteiger partial charge in [0.1, 0.15) is 5.75 Å². The van der Waals surface area contributed by atoms with Gasteiger partial charge in [-0.15, -0.1) is 0 Å². The largest absolute Gasteiger partial charge is 0.433 e. The molecule has 0 N–H and O–H groups in total. The normalized spacial score (nSPS) is 11.7. The summed E-state index contributed by atoms with van der Waals surface area (Å²) in [7, 11) is -3.54. The van der Waals surface area contributed by atoms with E-state index >= 15 is 0 Å². The lowest BCUT2D eigenvalue weighted by Crippen LogP contribution is -2.07. The second-order valence-electron chi connectivity index (χ2n) is 2.75. The van der Waals surface area contributed by atoms with Gasteiger partial charge in [0, 0.05) is 11.8 Å². The van der Waals surface area contributed by atoms with Crippen LogP contribution in [-0.2, 0) is 15.6 Å². The Labute approximate surface area is 85.8 Å². The summed E-state index contributed by atoms with van der Waals surface area (Å²) in [6, 6.07) is 1.29. The van der Waals surface area contributed by atoms with Crippen LogP contribution >= 0.6 is 0 Å². The van der Waals surface area contributed by atoms with Gasteiger partial charge >= 0.3 is 6.61 Å². The van der Waals surface area contributed by atoms with Gasteiger partial charge in [-0.1, -0.05) is 0 Å². The van der Waals surface area contributed by atoms with E-state index in [2.05, 4.69) is 16.0 Å². The van der Waals surface area contributed by atoms with Gasteiger partial charge in [0.2, 0.25) is 0 Å². The lowest BCUT2D eigenvalue weighted by Gasteiger charge is -2.08. The summed E-state index contributed by atoms with van der Waals surface area (Å²) in [5.41, 5.74) is 0.111. The molecule has 1 heterocycles. The van der Waals surface area contributed by atoms with Crippen molar-refractivity contribution in [3.63, 3.8) is 0 Å². The fourth-order valence-corrected chi connectivity index (χ4v) is 1.68. The maximum atomic E-state index is 11.9. The van der Waals surface area contributed by atoms with Crippen LogP contribution in [0.2, 0.25) is 0 Å².